The summed E-state index contributed by atoms with van der Waals surface area (Å²) in [6, 6.07) is 0. The number of carbonyl (C=O) groups is 2. The van der Waals surface area contributed by atoms with Crippen molar-refractivity contribution < 1.29 is 19.8 Å². The zero-order valence-electron chi connectivity index (χ0n) is 8.49. The predicted octanol–water partition coefficient (Wildman–Crippen LogP) is -0.0157. The average molecular weight is 203 g/mol. The van der Waals surface area contributed by atoms with Gasteiger partial charge in [-0.2, -0.15) is 0 Å². The van der Waals surface area contributed by atoms with Crippen LogP contribution in [0.15, 0.2) is 0 Å². The lowest BCUT2D eigenvalue weighted by molar-refractivity contribution is -0.146. The molecule has 82 valence electrons. The fourth-order valence-electron chi connectivity index (χ4n) is 0.806. The zero-order chi connectivity index (χ0) is 11.1. The number of rotatable bonds is 6. The molecule has 0 aromatic heterocycles. The van der Waals surface area contributed by atoms with E-state index in [1.807, 2.05) is 13.8 Å². The van der Waals surface area contributed by atoms with Crippen LogP contribution in [-0.4, -0.2) is 34.7 Å². The Balaban J connectivity index is 3.59. The number of carboxylic acids is 1. The van der Waals surface area contributed by atoms with Crippen molar-refractivity contribution in [3.63, 3.8) is 0 Å². The largest absolute Gasteiger partial charge is 0.479 e. The molecule has 0 saturated carbocycles. The minimum atomic E-state index is -1.52. The SMILES string of the molecule is CC(C)CCC(=O)NC[C@H](O)C(=O)O. The third-order valence-corrected chi connectivity index (χ3v) is 1.73. The van der Waals surface area contributed by atoms with Crippen molar-refractivity contribution in [1.29, 1.82) is 0 Å². The van der Waals surface area contributed by atoms with Gasteiger partial charge in [-0.1, -0.05) is 13.8 Å². The van der Waals surface area contributed by atoms with Gasteiger partial charge >= 0.3 is 5.97 Å². The van der Waals surface area contributed by atoms with E-state index in [1.54, 1.807) is 0 Å². The molecule has 5 nitrogen and oxygen atoms in total. The van der Waals surface area contributed by atoms with Gasteiger partial charge in [0.25, 0.3) is 0 Å². The molecule has 14 heavy (non-hydrogen) atoms. The first-order valence-electron chi connectivity index (χ1n) is 4.61. The number of aliphatic carboxylic acids is 1. The number of carbonyl (C=O) groups excluding carboxylic acids is 1. The molecular formula is C9H17NO4. The summed E-state index contributed by atoms with van der Waals surface area (Å²) in [4.78, 5) is 21.2. The summed E-state index contributed by atoms with van der Waals surface area (Å²) in [6.07, 6.45) is -0.392. The van der Waals surface area contributed by atoms with Crippen LogP contribution in [0.2, 0.25) is 0 Å². The van der Waals surface area contributed by atoms with Crippen LogP contribution in [0.5, 0.6) is 0 Å². The van der Waals surface area contributed by atoms with E-state index in [9.17, 15) is 9.59 Å². The summed E-state index contributed by atoms with van der Waals surface area (Å²) < 4.78 is 0. The van der Waals surface area contributed by atoms with Crippen LogP contribution in [0.3, 0.4) is 0 Å². The van der Waals surface area contributed by atoms with Crippen molar-refractivity contribution in [1.82, 2.24) is 5.32 Å². The van der Waals surface area contributed by atoms with Crippen LogP contribution >= 0.6 is 0 Å². The normalized spacial score (nSPS) is 12.6. The van der Waals surface area contributed by atoms with E-state index in [0.717, 1.165) is 6.42 Å². The molecule has 0 bridgehead atoms. The topological polar surface area (TPSA) is 86.6 Å². The number of hydrogen-bond acceptors (Lipinski definition) is 3. The third kappa shape index (κ3) is 6.42. The maximum Gasteiger partial charge on any atom is 0.334 e. The first-order valence-corrected chi connectivity index (χ1v) is 4.61. The number of carboxylic acid groups (broad SMARTS) is 1. The Morgan fingerprint density at radius 2 is 1.93 bits per heavy atom. The number of aliphatic hydroxyl groups is 1. The van der Waals surface area contributed by atoms with E-state index in [-0.39, 0.29) is 12.5 Å². The van der Waals surface area contributed by atoms with Gasteiger partial charge in [-0.3, -0.25) is 4.79 Å². The fraction of sp³-hybridized carbons (Fsp3) is 0.778. The Hall–Kier alpha value is -1.10. The standard InChI is InChI=1S/C9H17NO4/c1-6(2)3-4-8(12)10-5-7(11)9(13)14/h6-7,11H,3-5H2,1-2H3,(H,10,12)(H,13,14)/t7-/m0/s1. The van der Waals surface area contributed by atoms with Crippen molar-refractivity contribution >= 4 is 11.9 Å². The molecule has 0 rings (SSSR count). The lowest BCUT2D eigenvalue weighted by Gasteiger charge is -2.08. The summed E-state index contributed by atoms with van der Waals surface area (Å²) in [5.41, 5.74) is 0. The Morgan fingerprint density at radius 1 is 1.36 bits per heavy atom. The molecule has 0 spiro atoms. The van der Waals surface area contributed by atoms with E-state index in [4.69, 9.17) is 10.2 Å². The summed E-state index contributed by atoms with van der Waals surface area (Å²) in [6.45, 7) is 3.77. The molecule has 1 atom stereocenters. The van der Waals surface area contributed by atoms with Gasteiger partial charge in [0.2, 0.25) is 5.91 Å². The molecule has 0 aromatic carbocycles. The second-order valence-corrected chi connectivity index (χ2v) is 3.59. The average Bonchev–Trinajstić information content (AvgIpc) is 2.10. The molecule has 0 fully saturated rings. The van der Waals surface area contributed by atoms with Gasteiger partial charge in [0.1, 0.15) is 0 Å². The van der Waals surface area contributed by atoms with Crippen molar-refractivity contribution in [2.24, 2.45) is 5.92 Å². The maximum absolute atomic E-state index is 11.1. The molecular weight excluding hydrogens is 186 g/mol. The third-order valence-electron chi connectivity index (χ3n) is 1.73. The Bertz CT molecular complexity index is 203. The molecule has 0 aliphatic carbocycles. The second-order valence-electron chi connectivity index (χ2n) is 3.59. The minimum absolute atomic E-state index is 0.223. The van der Waals surface area contributed by atoms with Gasteiger partial charge in [0, 0.05) is 6.42 Å². The van der Waals surface area contributed by atoms with Crippen LogP contribution < -0.4 is 5.32 Å². The monoisotopic (exact) mass is 203 g/mol. The molecule has 0 aromatic rings. The van der Waals surface area contributed by atoms with Crippen molar-refractivity contribution in [3.8, 4) is 0 Å². The summed E-state index contributed by atoms with van der Waals surface area (Å²) >= 11 is 0. The first kappa shape index (κ1) is 12.9. The van der Waals surface area contributed by atoms with Crippen molar-refractivity contribution in [2.45, 2.75) is 32.8 Å². The smallest absolute Gasteiger partial charge is 0.334 e. The predicted molar refractivity (Wildman–Crippen MR) is 50.7 cm³/mol. The van der Waals surface area contributed by atoms with E-state index in [1.165, 1.54) is 0 Å². The van der Waals surface area contributed by atoms with Crippen LogP contribution in [0.1, 0.15) is 26.7 Å². The maximum atomic E-state index is 11.1. The summed E-state index contributed by atoms with van der Waals surface area (Å²) in [5.74, 6) is -1.11. The number of amides is 1. The molecule has 5 heteroatoms. The van der Waals surface area contributed by atoms with Gasteiger partial charge in [0.15, 0.2) is 6.10 Å². The summed E-state index contributed by atoms with van der Waals surface area (Å²) in [5, 5.41) is 19.5. The molecule has 1 amide bonds. The Labute approximate surface area is 83.1 Å². The molecule has 0 aliphatic rings. The highest BCUT2D eigenvalue weighted by Gasteiger charge is 2.13. The molecule has 3 N–H and O–H groups in total. The molecule has 0 radical (unpaired) electrons. The zero-order valence-corrected chi connectivity index (χ0v) is 8.49. The Morgan fingerprint density at radius 3 is 2.36 bits per heavy atom. The van der Waals surface area contributed by atoms with Gasteiger partial charge in [-0.25, -0.2) is 4.79 Å². The molecule has 0 aliphatic heterocycles. The van der Waals surface area contributed by atoms with Crippen molar-refractivity contribution in [3.05, 3.63) is 0 Å². The highest BCUT2D eigenvalue weighted by molar-refractivity contribution is 5.77. The minimum Gasteiger partial charge on any atom is -0.479 e. The van der Waals surface area contributed by atoms with Crippen LogP contribution in [-0.2, 0) is 9.59 Å². The van der Waals surface area contributed by atoms with Gasteiger partial charge in [-0.15, -0.1) is 0 Å². The van der Waals surface area contributed by atoms with Gasteiger partial charge in [0.05, 0.1) is 6.54 Å². The first-order chi connectivity index (χ1) is 6.43. The van der Waals surface area contributed by atoms with Crippen molar-refractivity contribution in [2.75, 3.05) is 6.54 Å². The quantitative estimate of drug-likeness (QED) is 0.566. The van der Waals surface area contributed by atoms with Crippen LogP contribution in [0.4, 0.5) is 0 Å². The number of aliphatic hydroxyl groups excluding tert-OH is 1. The van der Waals surface area contributed by atoms with E-state index in [2.05, 4.69) is 5.32 Å². The molecule has 0 heterocycles. The Kier molecular flexibility index (Phi) is 5.87. The number of nitrogens with one attached hydrogen (secondary N) is 1. The van der Waals surface area contributed by atoms with Crippen LogP contribution in [0, 0.1) is 5.92 Å². The number of hydrogen-bond donors (Lipinski definition) is 3. The lowest BCUT2D eigenvalue weighted by Crippen LogP contribution is -2.36. The second kappa shape index (κ2) is 6.37. The highest BCUT2D eigenvalue weighted by atomic mass is 16.4. The van der Waals surface area contributed by atoms with E-state index >= 15 is 0 Å². The molecule has 0 unspecified atom stereocenters. The summed E-state index contributed by atoms with van der Waals surface area (Å²) in [7, 11) is 0. The van der Waals surface area contributed by atoms with Crippen LogP contribution in [0.25, 0.3) is 0 Å². The fourth-order valence-corrected chi connectivity index (χ4v) is 0.806. The lowest BCUT2D eigenvalue weighted by atomic mass is 10.1. The highest BCUT2D eigenvalue weighted by Crippen LogP contribution is 2.02. The molecule has 0 saturated heterocycles. The van der Waals surface area contributed by atoms with E-state index < -0.39 is 12.1 Å². The van der Waals surface area contributed by atoms with Gasteiger partial charge < -0.3 is 15.5 Å². The van der Waals surface area contributed by atoms with E-state index in [0.29, 0.717) is 12.3 Å². The van der Waals surface area contributed by atoms with Gasteiger partial charge in [-0.05, 0) is 12.3 Å².